The van der Waals surface area contributed by atoms with Crippen LogP contribution in [0.2, 0.25) is 0 Å². The molecule has 0 fully saturated rings. The second kappa shape index (κ2) is 9.59. The zero-order chi connectivity index (χ0) is 14.8. The summed E-state index contributed by atoms with van der Waals surface area (Å²) in [6.07, 6.45) is 4.74. The van der Waals surface area contributed by atoms with E-state index in [0.29, 0.717) is 6.54 Å². The number of alkyl halides is 3. The van der Waals surface area contributed by atoms with Gasteiger partial charge in [-0.05, 0) is 19.9 Å². The normalized spacial score (nSPS) is 15.5. The van der Waals surface area contributed by atoms with Crippen LogP contribution in [0.3, 0.4) is 0 Å². The van der Waals surface area contributed by atoms with Crippen molar-refractivity contribution in [3.63, 3.8) is 0 Å². The maximum atomic E-state index is 12.3. The van der Waals surface area contributed by atoms with Crippen molar-refractivity contribution in [2.45, 2.75) is 77.0 Å². The van der Waals surface area contributed by atoms with E-state index < -0.39 is 18.3 Å². The van der Waals surface area contributed by atoms with Crippen LogP contribution in [-0.4, -0.2) is 30.0 Å². The average Bonchev–Trinajstić information content (AvgIpc) is 2.30. The van der Waals surface area contributed by atoms with Crippen molar-refractivity contribution in [2.24, 2.45) is 0 Å². The number of unbranched alkanes of at least 4 members (excludes halogenated alkanes) is 7. The lowest BCUT2D eigenvalue weighted by atomic mass is 10.1. The zero-order valence-corrected chi connectivity index (χ0v) is 12.2. The van der Waals surface area contributed by atoms with Gasteiger partial charge < -0.3 is 10.4 Å². The van der Waals surface area contributed by atoms with Crippen molar-refractivity contribution in [3.05, 3.63) is 0 Å². The minimum atomic E-state index is -4.57. The van der Waals surface area contributed by atoms with E-state index in [0.717, 1.165) is 26.2 Å². The van der Waals surface area contributed by atoms with E-state index in [-0.39, 0.29) is 0 Å². The lowest BCUT2D eigenvalue weighted by molar-refractivity contribution is -0.250. The van der Waals surface area contributed by atoms with Gasteiger partial charge in [-0.25, -0.2) is 0 Å². The molecule has 0 unspecified atom stereocenters. The molecule has 116 valence electrons. The predicted molar refractivity (Wildman–Crippen MR) is 72.2 cm³/mol. The van der Waals surface area contributed by atoms with Crippen LogP contribution in [0.1, 0.15) is 65.2 Å². The standard InChI is InChI=1S/C14H28F3NO/c1-3-4-5-6-7-8-9-10-11-18-12-13(2,19)14(15,16)17/h18-19H,3-12H2,1-2H3/t13-/m1/s1. The van der Waals surface area contributed by atoms with Gasteiger partial charge in [-0.1, -0.05) is 51.9 Å². The number of aliphatic hydroxyl groups is 1. The Morgan fingerprint density at radius 2 is 1.37 bits per heavy atom. The minimum Gasteiger partial charge on any atom is -0.380 e. The average molecular weight is 283 g/mol. The predicted octanol–water partition coefficient (Wildman–Crippen LogP) is 4.03. The third-order valence-corrected chi connectivity index (χ3v) is 3.29. The van der Waals surface area contributed by atoms with Gasteiger partial charge in [0.1, 0.15) is 0 Å². The number of nitrogens with one attached hydrogen (secondary N) is 1. The Labute approximate surface area is 114 Å². The Morgan fingerprint density at radius 1 is 0.895 bits per heavy atom. The first kappa shape index (κ1) is 18.7. The summed E-state index contributed by atoms with van der Waals surface area (Å²) in [5, 5.41) is 11.9. The Hall–Kier alpha value is -0.290. The second-order valence-electron chi connectivity index (χ2n) is 5.42. The van der Waals surface area contributed by atoms with Gasteiger partial charge in [0.25, 0.3) is 0 Å². The van der Waals surface area contributed by atoms with Crippen molar-refractivity contribution < 1.29 is 18.3 Å². The molecule has 0 aliphatic carbocycles. The summed E-state index contributed by atoms with van der Waals surface area (Å²) >= 11 is 0. The molecule has 0 aromatic carbocycles. The van der Waals surface area contributed by atoms with E-state index in [1.165, 1.54) is 32.1 Å². The maximum absolute atomic E-state index is 12.3. The summed E-state index contributed by atoms with van der Waals surface area (Å²) in [6, 6.07) is 0. The van der Waals surface area contributed by atoms with Crippen LogP contribution in [0.5, 0.6) is 0 Å². The van der Waals surface area contributed by atoms with Gasteiger partial charge in [0.05, 0.1) is 0 Å². The highest BCUT2D eigenvalue weighted by Gasteiger charge is 2.49. The van der Waals surface area contributed by atoms with Crippen LogP contribution in [0, 0.1) is 0 Å². The van der Waals surface area contributed by atoms with Gasteiger partial charge in [0.15, 0.2) is 5.60 Å². The summed E-state index contributed by atoms with van der Waals surface area (Å²) < 4.78 is 37.0. The van der Waals surface area contributed by atoms with Gasteiger partial charge in [0.2, 0.25) is 0 Å². The monoisotopic (exact) mass is 283 g/mol. The summed E-state index contributed by atoms with van der Waals surface area (Å²) in [5.41, 5.74) is -2.63. The van der Waals surface area contributed by atoms with Crippen molar-refractivity contribution in [3.8, 4) is 0 Å². The third kappa shape index (κ3) is 9.27. The Balaban J connectivity index is 3.37. The molecule has 0 rings (SSSR count). The highest BCUT2D eigenvalue weighted by Crippen LogP contribution is 2.29. The van der Waals surface area contributed by atoms with Gasteiger partial charge in [-0.3, -0.25) is 0 Å². The number of halogens is 3. The number of hydrogen-bond acceptors (Lipinski definition) is 2. The maximum Gasteiger partial charge on any atom is 0.418 e. The van der Waals surface area contributed by atoms with Crippen LogP contribution in [0.25, 0.3) is 0 Å². The van der Waals surface area contributed by atoms with Gasteiger partial charge in [-0.2, -0.15) is 13.2 Å². The van der Waals surface area contributed by atoms with Crippen molar-refractivity contribution >= 4 is 0 Å². The van der Waals surface area contributed by atoms with Crippen LogP contribution < -0.4 is 5.32 Å². The lowest BCUT2D eigenvalue weighted by Gasteiger charge is -2.26. The Bertz CT molecular complexity index is 217. The number of hydrogen-bond donors (Lipinski definition) is 2. The molecule has 0 saturated carbocycles. The summed E-state index contributed by atoms with van der Waals surface area (Å²) in [5.74, 6) is 0. The minimum absolute atomic E-state index is 0.438. The molecule has 0 aromatic heterocycles. The van der Waals surface area contributed by atoms with E-state index in [1.807, 2.05) is 0 Å². The lowest BCUT2D eigenvalue weighted by Crippen LogP contribution is -2.50. The highest BCUT2D eigenvalue weighted by atomic mass is 19.4. The Kier molecular flexibility index (Phi) is 9.44. The van der Waals surface area contributed by atoms with Crippen molar-refractivity contribution in [2.75, 3.05) is 13.1 Å². The molecule has 0 heterocycles. The summed E-state index contributed by atoms with van der Waals surface area (Å²) in [6.45, 7) is 3.07. The molecule has 2 N–H and O–H groups in total. The summed E-state index contributed by atoms with van der Waals surface area (Å²) in [7, 11) is 0. The SMILES string of the molecule is CCCCCCCCCCNC[C@@](C)(O)C(F)(F)F. The molecule has 0 spiro atoms. The first-order valence-corrected chi connectivity index (χ1v) is 7.31. The molecule has 5 heteroatoms. The molecule has 19 heavy (non-hydrogen) atoms. The molecule has 1 atom stereocenters. The Morgan fingerprint density at radius 3 is 1.84 bits per heavy atom. The highest BCUT2D eigenvalue weighted by molar-refractivity contribution is 4.83. The van der Waals surface area contributed by atoms with E-state index >= 15 is 0 Å². The molecule has 0 aliphatic rings. The smallest absolute Gasteiger partial charge is 0.380 e. The fraction of sp³-hybridized carbons (Fsp3) is 1.00. The molecule has 0 aromatic rings. The van der Waals surface area contributed by atoms with E-state index in [9.17, 15) is 18.3 Å². The molecule has 0 amide bonds. The molecule has 0 saturated heterocycles. The quantitative estimate of drug-likeness (QED) is 0.561. The van der Waals surface area contributed by atoms with Crippen LogP contribution in [-0.2, 0) is 0 Å². The van der Waals surface area contributed by atoms with Gasteiger partial charge >= 0.3 is 6.18 Å². The summed E-state index contributed by atoms with van der Waals surface area (Å²) in [4.78, 5) is 0. The van der Waals surface area contributed by atoms with E-state index in [2.05, 4.69) is 12.2 Å². The van der Waals surface area contributed by atoms with E-state index in [4.69, 9.17) is 0 Å². The van der Waals surface area contributed by atoms with Crippen molar-refractivity contribution in [1.29, 1.82) is 0 Å². The fourth-order valence-electron chi connectivity index (χ4n) is 1.82. The molecule has 2 nitrogen and oxygen atoms in total. The molecular formula is C14H28F3NO. The van der Waals surface area contributed by atoms with Crippen molar-refractivity contribution in [1.82, 2.24) is 5.32 Å². The zero-order valence-electron chi connectivity index (χ0n) is 12.2. The topological polar surface area (TPSA) is 32.3 Å². The van der Waals surface area contributed by atoms with Gasteiger partial charge in [-0.15, -0.1) is 0 Å². The fourth-order valence-corrected chi connectivity index (χ4v) is 1.82. The second-order valence-corrected chi connectivity index (χ2v) is 5.42. The third-order valence-electron chi connectivity index (χ3n) is 3.29. The van der Waals surface area contributed by atoms with Crippen LogP contribution >= 0.6 is 0 Å². The first-order chi connectivity index (χ1) is 8.81. The van der Waals surface area contributed by atoms with Crippen LogP contribution in [0.4, 0.5) is 13.2 Å². The van der Waals surface area contributed by atoms with Gasteiger partial charge in [0, 0.05) is 6.54 Å². The number of rotatable bonds is 11. The van der Waals surface area contributed by atoms with E-state index in [1.54, 1.807) is 0 Å². The molecule has 0 bridgehead atoms. The largest absolute Gasteiger partial charge is 0.418 e. The molecular weight excluding hydrogens is 255 g/mol. The molecule has 0 radical (unpaired) electrons. The molecule has 0 aliphatic heterocycles. The first-order valence-electron chi connectivity index (χ1n) is 7.31. The van der Waals surface area contributed by atoms with Crippen LogP contribution in [0.15, 0.2) is 0 Å².